The van der Waals surface area contributed by atoms with Crippen LogP contribution in [0.4, 0.5) is 14.9 Å². The van der Waals surface area contributed by atoms with Gasteiger partial charge < -0.3 is 10.2 Å². The molecule has 0 aliphatic rings. The zero-order valence-electron chi connectivity index (χ0n) is 18.2. The summed E-state index contributed by atoms with van der Waals surface area (Å²) in [7, 11) is -2.69. The van der Waals surface area contributed by atoms with Crippen LogP contribution in [0.3, 0.4) is 0 Å². The number of amides is 3. The minimum absolute atomic E-state index is 0.0389. The van der Waals surface area contributed by atoms with E-state index in [1.54, 1.807) is 55.5 Å². The SMILES string of the molecule is Cc1ccccc1S(=O)(=O)NC(=O)N[C@@H](Cc1ccccc1)C(=O)N(C)c1cccc(F)c1. The van der Waals surface area contributed by atoms with Gasteiger partial charge in [-0.05, 0) is 42.3 Å². The maximum atomic E-state index is 13.6. The molecule has 0 fully saturated rings. The van der Waals surface area contributed by atoms with Gasteiger partial charge in [-0.2, -0.15) is 0 Å². The lowest BCUT2D eigenvalue weighted by Gasteiger charge is -2.25. The molecular weight excluding hydrogens is 445 g/mol. The fraction of sp³-hybridized carbons (Fsp3) is 0.167. The van der Waals surface area contributed by atoms with Crippen LogP contribution in [0.25, 0.3) is 0 Å². The highest BCUT2D eigenvalue weighted by molar-refractivity contribution is 7.90. The maximum absolute atomic E-state index is 13.6. The van der Waals surface area contributed by atoms with E-state index in [9.17, 15) is 22.4 Å². The van der Waals surface area contributed by atoms with E-state index in [-0.39, 0.29) is 11.3 Å². The van der Waals surface area contributed by atoms with Gasteiger partial charge in [0, 0.05) is 19.2 Å². The van der Waals surface area contributed by atoms with Crippen LogP contribution in [0, 0.1) is 12.7 Å². The number of nitrogens with one attached hydrogen (secondary N) is 2. The van der Waals surface area contributed by atoms with Crippen LogP contribution >= 0.6 is 0 Å². The fourth-order valence-electron chi connectivity index (χ4n) is 3.32. The van der Waals surface area contributed by atoms with Crippen LogP contribution in [0.15, 0.2) is 83.8 Å². The van der Waals surface area contributed by atoms with E-state index in [0.29, 0.717) is 11.3 Å². The van der Waals surface area contributed by atoms with E-state index in [0.717, 1.165) is 5.56 Å². The van der Waals surface area contributed by atoms with Crippen molar-refractivity contribution in [2.75, 3.05) is 11.9 Å². The molecule has 1 atom stereocenters. The largest absolute Gasteiger partial charge is 0.329 e. The standard InChI is InChI=1S/C24H24FN3O4S/c1-17-9-6-7-14-22(17)33(31,32)27-24(30)26-21(15-18-10-4-3-5-11-18)23(29)28(2)20-13-8-12-19(25)16-20/h3-14,16,21H,15H2,1-2H3,(H2,26,27,30)/t21-/m0/s1. The van der Waals surface area contributed by atoms with Gasteiger partial charge in [0.05, 0.1) is 4.90 Å². The predicted molar refractivity (Wildman–Crippen MR) is 124 cm³/mol. The third kappa shape index (κ3) is 6.17. The number of benzene rings is 3. The molecule has 0 radical (unpaired) electrons. The van der Waals surface area contributed by atoms with Crippen molar-refractivity contribution in [3.05, 3.63) is 95.8 Å². The van der Waals surface area contributed by atoms with Crippen molar-refractivity contribution in [1.82, 2.24) is 10.0 Å². The third-order valence-corrected chi connectivity index (χ3v) is 6.51. The molecule has 0 unspecified atom stereocenters. The first kappa shape index (κ1) is 23.9. The molecule has 3 aromatic carbocycles. The number of nitrogens with zero attached hydrogens (tertiary/aromatic N) is 1. The zero-order valence-corrected chi connectivity index (χ0v) is 19.0. The number of sulfonamides is 1. The lowest BCUT2D eigenvalue weighted by atomic mass is 10.0. The van der Waals surface area contributed by atoms with Crippen LogP contribution in [0.2, 0.25) is 0 Å². The smallest absolute Gasteiger partial charge is 0.325 e. The predicted octanol–water partition coefficient (Wildman–Crippen LogP) is 3.40. The summed E-state index contributed by atoms with van der Waals surface area (Å²) in [5, 5.41) is 2.46. The Labute approximate surface area is 192 Å². The quantitative estimate of drug-likeness (QED) is 0.555. The summed E-state index contributed by atoms with van der Waals surface area (Å²) in [6, 6.07) is 18.5. The Morgan fingerprint density at radius 2 is 1.64 bits per heavy atom. The summed E-state index contributed by atoms with van der Waals surface area (Å²) >= 11 is 0. The molecule has 0 aliphatic carbocycles. The van der Waals surface area contributed by atoms with Gasteiger partial charge in [0.15, 0.2) is 0 Å². The molecule has 172 valence electrons. The summed E-state index contributed by atoms with van der Waals surface area (Å²) in [6.45, 7) is 1.61. The van der Waals surface area contributed by atoms with Crippen molar-refractivity contribution in [3.8, 4) is 0 Å². The van der Waals surface area contributed by atoms with E-state index in [1.165, 1.54) is 36.2 Å². The molecule has 0 aromatic heterocycles. The Kier molecular flexibility index (Phi) is 7.44. The number of hydrogen-bond donors (Lipinski definition) is 2. The highest BCUT2D eigenvalue weighted by Crippen LogP contribution is 2.17. The van der Waals surface area contributed by atoms with Gasteiger partial charge in [0.1, 0.15) is 11.9 Å². The number of carbonyl (C=O) groups is 2. The zero-order chi connectivity index (χ0) is 24.0. The summed E-state index contributed by atoms with van der Waals surface area (Å²) in [5.74, 6) is -1.05. The van der Waals surface area contributed by atoms with Gasteiger partial charge in [-0.1, -0.05) is 54.6 Å². The Bertz CT molecular complexity index is 1250. The van der Waals surface area contributed by atoms with Crippen molar-refractivity contribution >= 4 is 27.6 Å². The van der Waals surface area contributed by atoms with Crippen molar-refractivity contribution in [2.45, 2.75) is 24.3 Å². The molecule has 33 heavy (non-hydrogen) atoms. The monoisotopic (exact) mass is 469 g/mol. The van der Waals surface area contributed by atoms with Gasteiger partial charge in [-0.25, -0.2) is 22.3 Å². The number of anilines is 1. The highest BCUT2D eigenvalue weighted by atomic mass is 32.2. The van der Waals surface area contributed by atoms with Crippen LogP contribution in [0.1, 0.15) is 11.1 Å². The van der Waals surface area contributed by atoms with Crippen LogP contribution in [-0.2, 0) is 21.2 Å². The number of likely N-dealkylation sites (N-methyl/N-ethyl adjacent to an activating group) is 1. The van der Waals surface area contributed by atoms with Crippen molar-refractivity contribution in [1.29, 1.82) is 0 Å². The molecule has 3 aromatic rings. The molecule has 0 bridgehead atoms. The van der Waals surface area contributed by atoms with Crippen LogP contribution < -0.4 is 14.9 Å². The normalized spacial score (nSPS) is 12.0. The minimum atomic E-state index is -4.15. The highest BCUT2D eigenvalue weighted by Gasteiger charge is 2.28. The van der Waals surface area contributed by atoms with Crippen molar-refractivity contribution in [2.24, 2.45) is 0 Å². The summed E-state index contributed by atoms with van der Waals surface area (Å²) < 4.78 is 40.9. The van der Waals surface area contributed by atoms with Gasteiger partial charge >= 0.3 is 6.03 Å². The van der Waals surface area contributed by atoms with Crippen molar-refractivity contribution in [3.63, 3.8) is 0 Å². The molecule has 3 rings (SSSR count). The van der Waals surface area contributed by atoms with Gasteiger partial charge in [0.25, 0.3) is 10.0 Å². The average Bonchev–Trinajstić information content (AvgIpc) is 2.78. The Morgan fingerprint density at radius 3 is 2.30 bits per heavy atom. The van der Waals surface area contributed by atoms with Gasteiger partial charge in [-0.3, -0.25) is 4.79 Å². The molecule has 7 nitrogen and oxygen atoms in total. The lowest BCUT2D eigenvalue weighted by molar-refractivity contribution is -0.120. The second-order valence-electron chi connectivity index (χ2n) is 7.46. The first-order chi connectivity index (χ1) is 15.7. The second kappa shape index (κ2) is 10.3. The first-order valence-electron chi connectivity index (χ1n) is 10.1. The van der Waals surface area contributed by atoms with Gasteiger partial charge in [-0.15, -0.1) is 0 Å². The molecule has 0 heterocycles. The van der Waals surface area contributed by atoms with Crippen molar-refractivity contribution < 1.29 is 22.4 Å². The van der Waals surface area contributed by atoms with E-state index >= 15 is 0 Å². The summed E-state index contributed by atoms with van der Waals surface area (Å²) in [4.78, 5) is 27.0. The molecule has 9 heteroatoms. The van der Waals surface area contributed by atoms with E-state index in [1.807, 2.05) is 10.8 Å². The fourth-order valence-corrected chi connectivity index (χ4v) is 4.48. The Hall–Kier alpha value is -3.72. The van der Waals surface area contributed by atoms with E-state index in [4.69, 9.17) is 0 Å². The summed E-state index contributed by atoms with van der Waals surface area (Å²) in [6.07, 6.45) is 0.108. The number of halogens is 1. The number of rotatable bonds is 7. The Balaban J connectivity index is 1.82. The maximum Gasteiger partial charge on any atom is 0.329 e. The molecule has 2 N–H and O–H groups in total. The molecule has 0 saturated heterocycles. The topological polar surface area (TPSA) is 95.6 Å². The van der Waals surface area contributed by atoms with E-state index in [2.05, 4.69) is 5.32 Å². The number of carbonyl (C=O) groups excluding carboxylic acids is 2. The molecule has 0 spiro atoms. The number of urea groups is 1. The average molecular weight is 470 g/mol. The van der Waals surface area contributed by atoms with E-state index < -0.39 is 33.8 Å². The molecule has 0 saturated carbocycles. The molecule has 3 amide bonds. The number of aryl methyl sites for hydroxylation is 1. The first-order valence-corrected chi connectivity index (χ1v) is 11.6. The van der Waals surface area contributed by atoms with Gasteiger partial charge in [0.2, 0.25) is 5.91 Å². The number of hydrogen-bond acceptors (Lipinski definition) is 4. The van der Waals surface area contributed by atoms with Crippen LogP contribution in [-0.4, -0.2) is 33.4 Å². The second-order valence-corrected chi connectivity index (χ2v) is 9.11. The lowest BCUT2D eigenvalue weighted by Crippen LogP contribution is -2.52. The molecule has 0 aliphatic heterocycles. The third-order valence-electron chi connectivity index (χ3n) is 5.02. The molecular formula is C24H24FN3O4S. The summed E-state index contributed by atoms with van der Waals surface area (Å²) in [5.41, 5.74) is 1.53. The van der Waals surface area contributed by atoms with Crippen LogP contribution in [0.5, 0.6) is 0 Å². The Morgan fingerprint density at radius 1 is 0.970 bits per heavy atom. The minimum Gasteiger partial charge on any atom is -0.325 e.